The van der Waals surface area contributed by atoms with Gasteiger partial charge in [-0.3, -0.25) is 9.67 Å². The molecule has 2 amide bonds. The van der Waals surface area contributed by atoms with Gasteiger partial charge in [-0.1, -0.05) is 37.3 Å². The molecule has 1 aliphatic heterocycles. The van der Waals surface area contributed by atoms with Gasteiger partial charge in [0, 0.05) is 66.0 Å². The molecule has 3 aromatic heterocycles. The third kappa shape index (κ3) is 5.16. The van der Waals surface area contributed by atoms with Gasteiger partial charge in [-0.05, 0) is 68.1 Å². The number of aryl methyl sites for hydroxylation is 4. The van der Waals surface area contributed by atoms with Crippen LogP contribution in [0.25, 0.3) is 33.8 Å². The van der Waals surface area contributed by atoms with Crippen molar-refractivity contribution in [3.8, 4) is 33.8 Å². The maximum atomic E-state index is 13.7. The van der Waals surface area contributed by atoms with Crippen molar-refractivity contribution in [3.63, 3.8) is 0 Å². The van der Waals surface area contributed by atoms with Crippen LogP contribution in [0.15, 0.2) is 67.0 Å². The van der Waals surface area contributed by atoms with Crippen LogP contribution in [-0.2, 0) is 26.4 Å². The number of nitrogens with one attached hydrogen (secondary N) is 1. The van der Waals surface area contributed by atoms with Crippen LogP contribution >= 0.6 is 0 Å². The summed E-state index contributed by atoms with van der Waals surface area (Å²) in [5, 5.41) is 7.79. The van der Waals surface area contributed by atoms with Crippen molar-refractivity contribution in [2.24, 2.45) is 7.05 Å². The lowest BCUT2D eigenvalue weighted by Crippen LogP contribution is -2.39. The third-order valence-corrected chi connectivity index (χ3v) is 8.12. The Morgan fingerprint density at radius 2 is 1.83 bits per heavy atom. The van der Waals surface area contributed by atoms with Gasteiger partial charge in [0.2, 0.25) is 0 Å². The Morgan fingerprint density at radius 3 is 2.55 bits per heavy atom. The van der Waals surface area contributed by atoms with Crippen LogP contribution < -0.4 is 5.32 Å². The minimum atomic E-state index is -0.133. The molecule has 212 valence electrons. The normalized spacial score (nSPS) is 12.7. The Bertz CT molecular complexity index is 1790. The fourth-order valence-electron chi connectivity index (χ4n) is 5.78. The molecule has 1 aliphatic rings. The molecule has 8 heteroatoms. The molecule has 0 saturated carbocycles. The van der Waals surface area contributed by atoms with Gasteiger partial charge in [0.05, 0.1) is 23.6 Å². The molecule has 0 atom stereocenters. The van der Waals surface area contributed by atoms with Crippen LogP contribution in [0.1, 0.15) is 40.7 Å². The molecule has 0 spiro atoms. The number of anilines is 1. The Kier molecular flexibility index (Phi) is 7.29. The van der Waals surface area contributed by atoms with Crippen LogP contribution in [0, 0.1) is 20.8 Å². The Labute approximate surface area is 246 Å². The number of hydrogen-bond acceptors (Lipinski definition) is 5. The molecule has 0 aliphatic carbocycles. The van der Waals surface area contributed by atoms with Crippen LogP contribution in [0.4, 0.5) is 10.5 Å². The van der Waals surface area contributed by atoms with Gasteiger partial charge >= 0.3 is 6.03 Å². The second-order valence-corrected chi connectivity index (χ2v) is 10.9. The summed E-state index contributed by atoms with van der Waals surface area (Å²) in [6.45, 7) is 9.31. The highest BCUT2D eigenvalue weighted by Gasteiger charge is 2.27. The van der Waals surface area contributed by atoms with E-state index in [9.17, 15) is 4.79 Å². The smallest absolute Gasteiger partial charge is 0.320 e. The molecule has 1 N–H and O–H groups in total. The van der Waals surface area contributed by atoms with E-state index in [1.54, 1.807) is 12.4 Å². The molecule has 5 aromatic rings. The number of fused-ring (bicyclic) bond motifs is 1. The quantitative estimate of drug-likeness (QED) is 0.260. The number of aromatic nitrogens is 5. The van der Waals surface area contributed by atoms with Gasteiger partial charge < -0.3 is 10.2 Å². The van der Waals surface area contributed by atoms with Crippen molar-refractivity contribution in [1.82, 2.24) is 29.6 Å². The minimum Gasteiger partial charge on any atom is -0.320 e. The first-order valence-corrected chi connectivity index (χ1v) is 14.4. The summed E-state index contributed by atoms with van der Waals surface area (Å²) < 4.78 is 1.90. The highest BCUT2D eigenvalue weighted by atomic mass is 16.2. The fourth-order valence-corrected chi connectivity index (χ4v) is 5.78. The van der Waals surface area contributed by atoms with E-state index >= 15 is 0 Å². The van der Waals surface area contributed by atoms with Crippen LogP contribution in [-0.4, -0.2) is 42.2 Å². The molecule has 0 bridgehead atoms. The summed E-state index contributed by atoms with van der Waals surface area (Å²) in [6, 6.07) is 18.3. The predicted octanol–water partition coefficient (Wildman–Crippen LogP) is 6.68. The third-order valence-electron chi connectivity index (χ3n) is 8.12. The molecule has 0 saturated heterocycles. The summed E-state index contributed by atoms with van der Waals surface area (Å²) in [7, 11) is 1.96. The minimum absolute atomic E-state index is 0.133. The van der Waals surface area contributed by atoms with Gasteiger partial charge in [-0.15, -0.1) is 0 Å². The zero-order valence-electron chi connectivity index (χ0n) is 24.8. The maximum Gasteiger partial charge on any atom is 0.322 e. The molecule has 0 fully saturated rings. The van der Waals surface area contributed by atoms with Gasteiger partial charge in [0.25, 0.3) is 0 Å². The monoisotopic (exact) mass is 557 g/mol. The zero-order chi connectivity index (χ0) is 29.4. The fraction of sp³-hybridized carbons (Fsp3) is 0.265. The van der Waals surface area contributed by atoms with Crippen molar-refractivity contribution >= 4 is 11.7 Å². The first kappa shape index (κ1) is 27.3. The van der Waals surface area contributed by atoms with Gasteiger partial charge in [0.15, 0.2) is 5.82 Å². The van der Waals surface area contributed by atoms with Gasteiger partial charge in [-0.2, -0.15) is 5.10 Å². The number of nitrogens with zero attached hydrogens (tertiary/aromatic N) is 6. The number of amides is 2. The van der Waals surface area contributed by atoms with Crippen LogP contribution in [0.2, 0.25) is 0 Å². The van der Waals surface area contributed by atoms with E-state index in [1.807, 2.05) is 53.9 Å². The molecular formula is C34H35N7O. The molecule has 4 heterocycles. The van der Waals surface area contributed by atoms with Crippen molar-refractivity contribution in [2.75, 3.05) is 11.9 Å². The van der Waals surface area contributed by atoms with Crippen molar-refractivity contribution in [1.29, 1.82) is 0 Å². The van der Waals surface area contributed by atoms with E-state index in [0.717, 1.165) is 73.8 Å². The molecular weight excluding hydrogens is 522 g/mol. The second-order valence-electron chi connectivity index (χ2n) is 10.9. The summed E-state index contributed by atoms with van der Waals surface area (Å²) in [6.07, 6.45) is 5.05. The number of hydrogen-bond donors (Lipinski definition) is 1. The largest absolute Gasteiger partial charge is 0.322 e. The predicted molar refractivity (Wildman–Crippen MR) is 166 cm³/mol. The van der Waals surface area contributed by atoms with Crippen LogP contribution in [0.3, 0.4) is 0 Å². The molecule has 2 aromatic carbocycles. The summed E-state index contributed by atoms with van der Waals surface area (Å²) in [5.74, 6) is 0.655. The highest BCUT2D eigenvalue weighted by Crippen LogP contribution is 2.34. The number of urea groups is 1. The molecule has 42 heavy (non-hydrogen) atoms. The molecule has 0 radical (unpaired) electrons. The average molecular weight is 558 g/mol. The lowest BCUT2D eigenvalue weighted by molar-refractivity contribution is 0.206. The number of benzene rings is 2. The summed E-state index contributed by atoms with van der Waals surface area (Å²) in [4.78, 5) is 29.8. The van der Waals surface area contributed by atoms with E-state index in [1.165, 1.54) is 0 Å². The standard InChI is InChI=1S/C34H35N7O/c1-6-24-16-26(31-22(3)39-40(5)23(31)4)18-27(17-24)36-34(42)41-15-13-30-29(20-41)32(28-12-8-7-10-21(28)2)38-33(37-30)25-11-9-14-35-19-25/h7-12,14,16-19H,6,13,15,20H2,1-5H3,(H,36,42). The molecule has 6 rings (SSSR count). The molecule has 0 unspecified atom stereocenters. The topological polar surface area (TPSA) is 88.8 Å². The van der Waals surface area contributed by atoms with E-state index in [4.69, 9.17) is 9.97 Å². The van der Waals surface area contributed by atoms with Crippen molar-refractivity contribution in [3.05, 3.63) is 101 Å². The number of pyridine rings is 1. The Balaban J connectivity index is 1.33. The summed E-state index contributed by atoms with van der Waals surface area (Å²) in [5.41, 5.74) is 12.1. The van der Waals surface area contributed by atoms with E-state index in [2.05, 4.69) is 60.4 Å². The SMILES string of the molecule is CCc1cc(NC(=O)N2CCc3nc(-c4cccnc4)nc(-c4ccccc4C)c3C2)cc(-c2c(C)nn(C)c2C)c1. The maximum absolute atomic E-state index is 13.7. The summed E-state index contributed by atoms with van der Waals surface area (Å²) >= 11 is 0. The second kappa shape index (κ2) is 11.2. The Morgan fingerprint density at radius 1 is 1.00 bits per heavy atom. The van der Waals surface area contributed by atoms with Gasteiger partial charge in [0.1, 0.15) is 0 Å². The van der Waals surface area contributed by atoms with E-state index < -0.39 is 0 Å². The van der Waals surface area contributed by atoms with E-state index in [-0.39, 0.29) is 6.03 Å². The number of rotatable bonds is 5. The number of carbonyl (C=O) groups excluding carboxylic acids is 1. The van der Waals surface area contributed by atoms with Crippen molar-refractivity contribution < 1.29 is 4.79 Å². The van der Waals surface area contributed by atoms with Crippen molar-refractivity contribution in [2.45, 2.75) is 47.1 Å². The van der Waals surface area contributed by atoms with Gasteiger partial charge in [-0.25, -0.2) is 14.8 Å². The van der Waals surface area contributed by atoms with Crippen LogP contribution in [0.5, 0.6) is 0 Å². The average Bonchev–Trinajstić information content (AvgIpc) is 3.26. The first-order valence-electron chi connectivity index (χ1n) is 14.4. The number of carbonyl (C=O) groups is 1. The highest BCUT2D eigenvalue weighted by molar-refractivity contribution is 5.91. The lowest BCUT2D eigenvalue weighted by Gasteiger charge is -2.30. The Hall–Kier alpha value is -4.85. The lowest BCUT2D eigenvalue weighted by atomic mass is 9.96. The van der Waals surface area contributed by atoms with E-state index in [0.29, 0.717) is 25.3 Å². The zero-order valence-corrected chi connectivity index (χ0v) is 24.8. The molecule has 8 nitrogen and oxygen atoms in total. The first-order chi connectivity index (χ1) is 20.3.